The van der Waals surface area contributed by atoms with Gasteiger partial charge in [-0.15, -0.1) is 0 Å². The molecule has 6 heteroatoms. The first-order valence-corrected chi connectivity index (χ1v) is 7.47. The van der Waals surface area contributed by atoms with Crippen LogP contribution < -0.4 is 5.32 Å². The van der Waals surface area contributed by atoms with Crippen LogP contribution in [0.15, 0.2) is 22.9 Å². The fourth-order valence-corrected chi connectivity index (χ4v) is 3.16. The number of halogens is 1. The maximum absolute atomic E-state index is 12.3. The maximum atomic E-state index is 12.3. The number of carboxylic acid groups (broad SMARTS) is 1. The minimum absolute atomic E-state index is 0.0311. The van der Waals surface area contributed by atoms with Crippen LogP contribution in [0.4, 0.5) is 0 Å². The third-order valence-corrected chi connectivity index (χ3v) is 4.31. The van der Waals surface area contributed by atoms with E-state index >= 15 is 0 Å². The van der Waals surface area contributed by atoms with E-state index in [2.05, 4.69) is 26.2 Å². The number of rotatable bonds is 4. The first-order valence-electron chi connectivity index (χ1n) is 6.67. The number of hydrogen-bond acceptors (Lipinski definition) is 3. The van der Waals surface area contributed by atoms with E-state index in [4.69, 9.17) is 5.11 Å². The Morgan fingerprint density at radius 2 is 2.05 bits per heavy atom. The van der Waals surface area contributed by atoms with E-state index in [1.165, 1.54) is 0 Å². The Bertz CT molecular complexity index is 513. The van der Waals surface area contributed by atoms with Gasteiger partial charge in [0, 0.05) is 6.20 Å². The predicted molar refractivity (Wildman–Crippen MR) is 77.5 cm³/mol. The molecule has 108 valence electrons. The predicted octanol–water partition coefficient (Wildman–Crippen LogP) is 2.75. The molecule has 1 aromatic heterocycles. The Morgan fingerprint density at radius 1 is 1.35 bits per heavy atom. The molecule has 0 spiro atoms. The Labute approximate surface area is 125 Å². The van der Waals surface area contributed by atoms with Crippen LogP contribution >= 0.6 is 15.9 Å². The molecule has 1 aliphatic rings. The van der Waals surface area contributed by atoms with Gasteiger partial charge in [-0.3, -0.25) is 9.59 Å². The van der Waals surface area contributed by atoms with Crippen molar-refractivity contribution in [2.75, 3.05) is 0 Å². The van der Waals surface area contributed by atoms with E-state index in [-0.39, 0.29) is 12.3 Å². The van der Waals surface area contributed by atoms with E-state index in [9.17, 15) is 9.59 Å². The van der Waals surface area contributed by atoms with E-state index < -0.39 is 11.5 Å². The summed E-state index contributed by atoms with van der Waals surface area (Å²) in [7, 11) is 0. The van der Waals surface area contributed by atoms with Crippen LogP contribution in [0.2, 0.25) is 0 Å². The van der Waals surface area contributed by atoms with E-state index in [0.717, 1.165) is 19.3 Å². The third-order valence-electron chi connectivity index (χ3n) is 3.68. The molecule has 20 heavy (non-hydrogen) atoms. The average molecular weight is 341 g/mol. The lowest BCUT2D eigenvalue weighted by molar-refractivity contribution is -0.139. The van der Waals surface area contributed by atoms with Crippen molar-refractivity contribution in [2.24, 2.45) is 0 Å². The van der Waals surface area contributed by atoms with Crippen LogP contribution in [0.3, 0.4) is 0 Å². The molecule has 1 fully saturated rings. The lowest BCUT2D eigenvalue weighted by Crippen LogP contribution is -2.51. The quantitative estimate of drug-likeness (QED) is 0.826. The van der Waals surface area contributed by atoms with Gasteiger partial charge in [0.2, 0.25) is 0 Å². The van der Waals surface area contributed by atoms with Gasteiger partial charge in [-0.05, 0) is 40.9 Å². The number of carbonyl (C=O) groups is 2. The lowest BCUT2D eigenvalue weighted by Gasteiger charge is -2.37. The summed E-state index contributed by atoms with van der Waals surface area (Å²) in [6, 6.07) is 3.36. The molecule has 0 aromatic carbocycles. The minimum Gasteiger partial charge on any atom is -0.481 e. The summed E-state index contributed by atoms with van der Waals surface area (Å²) >= 11 is 3.24. The van der Waals surface area contributed by atoms with Crippen LogP contribution in [0.5, 0.6) is 0 Å². The van der Waals surface area contributed by atoms with Gasteiger partial charge in [-0.25, -0.2) is 4.98 Å². The first kappa shape index (κ1) is 15.0. The van der Waals surface area contributed by atoms with Gasteiger partial charge in [0.1, 0.15) is 4.60 Å². The molecular weight excluding hydrogens is 324 g/mol. The number of carboxylic acids is 1. The van der Waals surface area contributed by atoms with Crippen molar-refractivity contribution < 1.29 is 14.7 Å². The second-order valence-corrected chi connectivity index (χ2v) is 5.96. The van der Waals surface area contributed by atoms with Gasteiger partial charge >= 0.3 is 5.97 Å². The monoisotopic (exact) mass is 340 g/mol. The zero-order chi connectivity index (χ0) is 14.6. The van der Waals surface area contributed by atoms with Crippen LogP contribution in [0.25, 0.3) is 0 Å². The van der Waals surface area contributed by atoms with E-state index in [0.29, 0.717) is 23.0 Å². The number of pyridine rings is 1. The van der Waals surface area contributed by atoms with Gasteiger partial charge < -0.3 is 10.4 Å². The van der Waals surface area contributed by atoms with Crippen LogP contribution in [-0.4, -0.2) is 27.5 Å². The molecule has 0 radical (unpaired) electrons. The number of carbonyl (C=O) groups excluding carboxylic acids is 1. The molecular formula is C14H17BrN2O3. The van der Waals surface area contributed by atoms with Gasteiger partial charge in [-0.1, -0.05) is 19.3 Å². The summed E-state index contributed by atoms with van der Waals surface area (Å²) in [4.78, 5) is 27.4. The minimum atomic E-state index is -0.877. The molecule has 1 amide bonds. The van der Waals surface area contributed by atoms with Gasteiger partial charge in [-0.2, -0.15) is 0 Å². The highest BCUT2D eigenvalue weighted by Gasteiger charge is 2.36. The van der Waals surface area contributed by atoms with Crippen molar-refractivity contribution in [2.45, 2.75) is 44.1 Å². The molecule has 2 rings (SSSR count). The van der Waals surface area contributed by atoms with Crippen molar-refractivity contribution >= 4 is 27.8 Å². The Kier molecular flexibility index (Phi) is 4.75. The van der Waals surface area contributed by atoms with Crippen molar-refractivity contribution in [1.29, 1.82) is 0 Å². The smallest absolute Gasteiger partial charge is 0.305 e. The van der Waals surface area contributed by atoms with Crippen molar-refractivity contribution in [3.05, 3.63) is 28.5 Å². The molecule has 2 N–H and O–H groups in total. The molecule has 5 nitrogen and oxygen atoms in total. The Morgan fingerprint density at radius 3 is 2.65 bits per heavy atom. The molecule has 1 saturated carbocycles. The highest BCUT2D eigenvalue weighted by atomic mass is 79.9. The number of aromatic nitrogens is 1. The SMILES string of the molecule is O=C(O)CC1(NC(=O)c2cccnc2Br)CCCCC1. The molecule has 1 heterocycles. The second-order valence-electron chi connectivity index (χ2n) is 5.21. The topological polar surface area (TPSA) is 79.3 Å². The van der Waals surface area contributed by atoms with Gasteiger partial charge in [0.15, 0.2) is 0 Å². The number of nitrogens with zero attached hydrogens (tertiary/aromatic N) is 1. The molecule has 0 saturated heterocycles. The highest BCUT2D eigenvalue weighted by Crippen LogP contribution is 2.31. The summed E-state index contributed by atoms with van der Waals surface area (Å²) in [5.41, 5.74) is -0.195. The van der Waals surface area contributed by atoms with Crippen LogP contribution in [0.1, 0.15) is 48.9 Å². The third kappa shape index (κ3) is 3.56. The zero-order valence-electron chi connectivity index (χ0n) is 11.1. The summed E-state index contributed by atoms with van der Waals surface area (Å²) in [5, 5.41) is 12.0. The Balaban J connectivity index is 2.17. The molecule has 0 aliphatic heterocycles. The number of aliphatic carboxylic acids is 1. The molecule has 1 aliphatic carbocycles. The first-order chi connectivity index (χ1) is 9.52. The van der Waals surface area contributed by atoms with E-state index in [1.807, 2.05) is 0 Å². The van der Waals surface area contributed by atoms with Gasteiger partial charge in [0.25, 0.3) is 5.91 Å². The summed E-state index contributed by atoms with van der Waals surface area (Å²) in [6.45, 7) is 0. The molecule has 0 unspecified atom stereocenters. The van der Waals surface area contributed by atoms with Crippen molar-refractivity contribution in [3.8, 4) is 0 Å². The molecule has 0 bridgehead atoms. The van der Waals surface area contributed by atoms with Gasteiger partial charge in [0.05, 0.1) is 17.5 Å². The molecule has 0 atom stereocenters. The highest BCUT2D eigenvalue weighted by molar-refractivity contribution is 9.10. The van der Waals surface area contributed by atoms with Crippen molar-refractivity contribution in [1.82, 2.24) is 10.3 Å². The summed E-state index contributed by atoms with van der Waals surface area (Å²) in [6.07, 6.45) is 5.97. The number of hydrogen-bond donors (Lipinski definition) is 2. The number of amides is 1. The standard InChI is InChI=1S/C14H17BrN2O3/c15-12-10(5-4-8-16-12)13(20)17-14(9-11(18)19)6-2-1-3-7-14/h4-5,8H,1-3,6-7,9H2,(H,17,20)(H,18,19). The number of nitrogens with one attached hydrogen (secondary N) is 1. The van der Waals surface area contributed by atoms with Crippen LogP contribution in [0, 0.1) is 0 Å². The van der Waals surface area contributed by atoms with Crippen LogP contribution in [-0.2, 0) is 4.79 Å². The Hall–Kier alpha value is -1.43. The summed E-state index contributed by atoms with van der Waals surface area (Å²) < 4.78 is 0.471. The van der Waals surface area contributed by atoms with E-state index in [1.54, 1.807) is 18.3 Å². The molecule has 1 aromatic rings. The fraction of sp³-hybridized carbons (Fsp3) is 0.500. The average Bonchev–Trinajstić information content (AvgIpc) is 2.39. The van der Waals surface area contributed by atoms with Crippen molar-refractivity contribution in [3.63, 3.8) is 0 Å². The summed E-state index contributed by atoms with van der Waals surface area (Å²) in [5.74, 6) is -1.15. The second kappa shape index (κ2) is 6.35. The largest absolute Gasteiger partial charge is 0.481 e. The lowest BCUT2D eigenvalue weighted by atomic mass is 9.79. The maximum Gasteiger partial charge on any atom is 0.305 e. The normalized spacial score (nSPS) is 17.4. The fourth-order valence-electron chi connectivity index (χ4n) is 2.73. The zero-order valence-corrected chi connectivity index (χ0v) is 12.6.